The van der Waals surface area contributed by atoms with Gasteiger partial charge >= 0.3 is 0 Å². The lowest BCUT2D eigenvalue weighted by atomic mass is 9.97. The van der Waals surface area contributed by atoms with Crippen LogP contribution in [0.1, 0.15) is 35.1 Å². The lowest BCUT2D eigenvalue weighted by Crippen LogP contribution is -2.04. The predicted molar refractivity (Wildman–Crippen MR) is 130 cm³/mol. The van der Waals surface area contributed by atoms with Gasteiger partial charge in [0, 0.05) is 13.1 Å². The molecule has 2 aromatic carbocycles. The number of nitriles is 1. The fourth-order valence-corrected chi connectivity index (χ4v) is 4.57. The number of halogens is 2. The van der Waals surface area contributed by atoms with E-state index in [2.05, 4.69) is 11.2 Å². The van der Waals surface area contributed by atoms with Gasteiger partial charge in [-0.05, 0) is 50.3 Å². The number of nitrogens with zero attached hydrogens (tertiary/aromatic N) is 3. The fraction of sp³-hybridized carbons (Fsp3) is 0.308. The molecule has 0 bridgehead atoms. The molecule has 1 N–H and O–H groups in total. The minimum absolute atomic E-state index is 0.0180. The molecule has 0 spiro atoms. The molecule has 2 heterocycles. The van der Waals surface area contributed by atoms with E-state index in [0.717, 1.165) is 24.0 Å². The van der Waals surface area contributed by atoms with Gasteiger partial charge < -0.3 is 19.0 Å². The van der Waals surface area contributed by atoms with Gasteiger partial charge in [0.25, 0.3) is 0 Å². The zero-order chi connectivity index (χ0) is 25.2. The summed E-state index contributed by atoms with van der Waals surface area (Å²) < 4.78 is 34.8. The highest BCUT2D eigenvalue weighted by Gasteiger charge is 2.32. The number of phenolic OH excluding ortho intramolecular Hbond substituents is 1. The molecule has 1 fully saturated rings. The highest BCUT2D eigenvalue weighted by molar-refractivity contribution is 6.31. The van der Waals surface area contributed by atoms with Crippen LogP contribution in [0.5, 0.6) is 17.2 Å². The summed E-state index contributed by atoms with van der Waals surface area (Å²) in [6.07, 6.45) is 3.22. The first-order chi connectivity index (χ1) is 16.7. The number of methoxy groups -OCH3 is 1. The standard InChI is InChI=1S/C26H23ClFN3O4/c1-11-12(2)23(32)20-24(13(11)3)35-25(26(20)33-5)16-10-30-31(4)22(16)19-15(9-29)18(34-14-6-7-14)8-17(27)21(19)28/h8,10,14,32H,6-7H2,1-5H3. The van der Waals surface area contributed by atoms with Crippen LogP contribution in [-0.2, 0) is 7.05 Å². The highest BCUT2D eigenvalue weighted by atomic mass is 35.5. The van der Waals surface area contributed by atoms with Crippen molar-refractivity contribution < 1.29 is 23.4 Å². The van der Waals surface area contributed by atoms with E-state index in [1.165, 1.54) is 24.1 Å². The third-order valence-corrected chi connectivity index (χ3v) is 6.93. The summed E-state index contributed by atoms with van der Waals surface area (Å²) >= 11 is 6.24. The molecule has 1 aliphatic carbocycles. The Hall–Kier alpha value is -3.70. The highest BCUT2D eigenvalue weighted by Crippen LogP contribution is 2.50. The minimum Gasteiger partial charge on any atom is -0.507 e. The van der Waals surface area contributed by atoms with Crippen molar-refractivity contribution in [2.24, 2.45) is 7.05 Å². The SMILES string of the molecule is COc1c(-c2cnn(C)c2-c2c(F)c(Cl)cc(OC3CC3)c2C#N)oc2c(C)c(C)c(C)c(O)c12. The number of hydrogen-bond acceptors (Lipinski definition) is 6. The monoisotopic (exact) mass is 495 g/mol. The average Bonchev–Trinajstić information content (AvgIpc) is 3.45. The van der Waals surface area contributed by atoms with E-state index in [4.69, 9.17) is 25.5 Å². The van der Waals surface area contributed by atoms with Gasteiger partial charge in [-0.15, -0.1) is 0 Å². The molecule has 35 heavy (non-hydrogen) atoms. The Labute approximate surface area is 206 Å². The maximum Gasteiger partial charge on any atom is 0.181 e. The second-order valence-corrected chi connectivity index (χ2v) is 9.18. The molecule has 180 valence electrons. The smallest absolute Gasteiger partial charge is 0.181 e. The number of rotatable bonds is 5. The zero-order valence-electron chi connectivity index (χ0n) is 19.9. The first kappa shape index (κ1) is 23.1. The Morgan fingerprint density at radius 2 is 1.97 bits per heavy atom. The lowest BCUT2D eigenvalue weighted by Gasteiger charge is -2.15. The van der Waals surface area contributed by atoms with Crippen LogP contribution in [0.4, 0.5) is 4.39 Å². The summed E-state index contributed by atoms with van der Waals surface area (Å²) in [5.41, 5.74) is 3.52. The first-order valence-corrected chi connectivity index (χ1v) is 11.5. The summed E-state index contributed by atoms with van der Waals surface area (Å²) in [6, 6.07) is 3.42. The maximum atomic E-state index is 15.6. The van der Waals surface area contributed by atoms with Crippen molar-refractivity contribution >= 4 is 22.6 Å². The molecule has 1 saturated carbocycles. The molecule has 0 atom stereocenters. The van der Waals surface area contributed by atoms with E-state index < -0.39 is 5.82 Å². The average molecular weight is 496 g/mol. The normalized spacial score (nSPS) is 13.3. The van der Waals surface area contributed by atoms with Gasteiger partial charge in [-0.25, -0.2) is 4.39 Å². The van der Waals surface area contributed by atoms with E-state index in [-0.39, 0.29) is 51.0 Å². The Bertz CT molecular complexity index is 1560. The van der Waals surface area contributed by atoms with Crippen molar-refractivity contribution in [2.45, 2.75) is 39.7 Å². The number of hydrogen-bond donors (Lipinski definition) is 1. The van der Waals surface area contributed by atoms with E-state index in [1.54, 1.807) is 7.05 Å². The number of furan rings is 1. The zero-order valence-corrected chi connectivity index (χ0v) is 20.7. The van der Waals surface area contributed by atoms with Crippen LogP contribution in [-0.4, -0.2) is 28.1 Å². The third kappa shape index (κ3) is 3.41. The summed E-state index contributed by atoms with van der Waals surface area (Å²) in [4.78, 5) is 0. The van der Waals surface area contributed by atoms with E-state index in [1.807, 2.05) is 20.8 Å². The van der Waals surface area contributed by atoms with Gasteiger partial charge in [0.05, 0.1) is 41.3 Å². The number of aromatic nitrogens is 2. The molecule has 0 aliphatic heterocycles. The second-order valence-electron chi connectivity index (χ2n) is 8.77. The Morgan fingerprint density at radius 3 is 2.60 bits per heavy atom. The number of phenols is 1. The molecule has 4 aromatic rings. The molecule has 7 nitrogen and oxygen atoms in total. The fourth-order valence-electron chi connectivity index (χ4n) is 4.38. The molecule has 0 saturated heterocycles. The number of aromatic hydroxyl groups is 1. The number of ether oxygens (including phenoxy) is 2. The molecule has 5 rings (SSSR count). The second kappa shape index (κ2) is 8.21. The molecule has 1 aliphatic rings. The van der Waals surface area contributed by atoms with Crippen LogP contribution in [0.3, 0.4) is 0 Å². The largest absolute Gasteiger partial charge is 0.507 e. The van der Waals surface area contributed by atoms with Gasteiger partial charge in [0.1, 0.15) is 34.1 Å². The van der Waals surface area contributed by atoms with Crippen LogP contribution >= 0.6 is 11.6 Å². The number of benzene rings is 2. The molecule has 9 heteroatoms. The lowest BCUT2D eigenvalue weighted by molar-refractivity contribution is 0.302. The van der Waals surface area contributed by atoms with Crippen LogP contribution in [0.2, 0.25) is 5.02 Å². The topological polar surface area (TPSA) is 93.4 Å². The molecular formula is C26H23ClFN3O4. The molecule has 2 aromatic heterocycles. The molecule has 0 radical (unpaired) electrons. The maximum absolute atomic E-state index is 15.6. The summed E-state index contributed by atoms with van der Waals surface area (Å²) in [5.74, 6) is 0.0410. The van der Waals surface area contributed by atoms with E-state index >= 15 is 4.39 Å². The summed E-state index contributed by atoms with van der Waals surface area (Å²) in [6.45, 7) is 5.61. The van der Waals surface area contributed by atoms with Crippen LogP contribution < -0.4 is 9.47 Å². The molecule has 0 amide bonds. The minimum atomic E-state index is -0.767. The van der Waals surface area contributed by atoms with Crippen molar-refractivity contribution in [1.82, 2.24) is 9.78 Å². The summed E-state index contributed by atoms with van der Waals surface area (Å²) in [5, 5.41) is 25.5. The number of aryl methyl sites for hydroxylation is 2. The molecule has 0 unspecified atom stereocenters. The predicted octanol–water partition coefficient (Wildman–Crippen LogP) is 6.35. The van der Waals surface area contributed by atoms with Crippen LogP contribution in [0, 0.1) is 37.9 Å². The van der Waals surface area contributed by atoms with E-state index in [9.17, 15) is 10.4 Å². The Morgan fingerprint density at radius 1 is 1.26 bits per heavy atom. The van der Waals surface area contributed by atoms with Crippen LogP contribution in [0.25, 0.3) is 33.6 Å². The van der Waals surface area contributed by atoms with Crippen molar-refractivity contribution in [3.63, 3.8) is 0 Å². The molecular weight excluding hydrogens is 473 g/mol. The van der Waals surface area contributed by atoms with Crippen molar-refractivity contribution in [3.05, 3.63) is 45.4 Å². The third-order valence-electron chi connectivity index (χ3n) is 6.66. The van der Waals surface area contributed by atoms with Crippen molar-refractivity contribution in [3.8, 4) is 45.9 Å². The van der Waals surface area contributed by atoms with Gasteiger partial charge in [-0.2, -0.15) is 10.4 Å². The van der Waals surface area contributed by atoms with Gasteiger partial charge in [0.15, 0.2) is 17.3 Å². The van der Waals surface area contributed by atoms with E-state index in [0.29, 0.717) is 22.1 Å². The van der Waals surface area contributed by atoms with Crippen molar-refractivity contribution in [2.75, 3.05) is 7.11 Å². The number of fused-ring (bicyclic) bond motifs is 1. The van der Waals surface area contributed by atoms with Crippen LogP contribution in [0.15, 0.2) is 16.7 Å². The van der Waals surface area contributed by atoms with Gasteiger partial charge in [0.2, 0.25) is 0 Å². The quantitative estimate of drug-likeness (QED) is 0.347. The Kier molecular flexibility index (Phi) is 5.41. The Balaban J connectivity index is 1.84. The van der Waals surface area contributed by atoms with Crippen molar-refractivity contribution in [1.29, 1.82) is 5.26 Å². The summed E-state index contributed by atoms with van der Waals surface area (Å²) in [7, 11) is 3.10. The van der Waals surface area contributed by atoms with Gasteiger partial charge in [-0.1, -0.05) is 11.6 Å². The van der Waals surface area contributed by atoms with Gasteiger partial charge in [-0.3, -0.25) is 4.68 Å². The first-order valence-electron chi connectivity index (χ1n) is 11.1.